The third-order valence-corrected chi connectivity index (χ3v) is 10.3. The number of ether oxygens (including phenoxy) is 1. The molecule has 2 aliphatic heterocycles. The lowest BCUT2D eigenvalue weighted by atomic mass is 10.0. The van der Waals surface area contributed by atoms with E-state index < -0.39 is 0 Å². The van der Waals surface area contributed by atoms with Crippen LogP contribution in [-0.2, 0) is 0 Å². The number of nitrogens with zero attached hydrogens (tertiary/aromatic N) is 1. The van der Waals surface area contributed by atoms with E-state index in [4.69, 9.17) is 4.74 Å². The van der Waals surface area contributed by atoms with Crippen molar-refractivity contribution in [2.45, 2.75) is 9.79 Å². The summed E-state index contributed by atoms with van der Waals surface area (Å²) < 4.78 is 6.30. The second-order valence-electron chi connectivity index (χ2n) is 12.0. The molecule has 2 aliphatic rings. The molecule has 0 radical (unpaired) electrons. The predicted molar refractivity (Wildman–Crippen MR) is 195 cm³/mol. The summed E-state index contributed by atoms with van der Waals surface area (Å²) >= 11 is 1.83. The largest absolute Gasteiger partial charge is 0.453 e. The van der Waals surface area contributed by atoms with Gasteiger partial charge in [-0.3, -0.25) is 0 Å². The summed E-state index contributed by atoms with van der Waals surface area (Å²) in [4.78, 5) is 8.38. The van der Waals surface area contributed by atoms with Crippen molar-refractivity contribution in [1.82, 2.24) is 4.98 Å². The average Bonchev–Trinajstić information content (AvgIpc) is 3.50. The van der Waals surface area contributed by atoms with Crippen LogP contribution in [0.1, 0.15) is 0 Å². The molecule has 0 aliphatic carbocycles. The van der Waals surface area contributed by atoms with Crippen molar-refractivity contribution < 1.29 is 4.74 Å². The number of aromatic amines is 1. The number of anilines is 5. The van der Waals surface area contributed by atoms with Crippen LogP contribution in [0.4, 0.5) is 28.4 Å². The van der Waals surface area contributed by atoms with Gasteiger partial charge in [0.05, 0.1) is 22.7 Å². The van der Waals surface area contributed by atoms with Crippen molar-refractivity contribution in [3.8, 4) is 33.8 Å². The van der Waals surface area contributed by atoms with E-state index in [2.05, 4.69) is 143 Å². The molecule has 222 valence electrons. The Kier molecular flexibility index (Phi) is 5.77. The number of fused-ring (bicyclic) bond motifs is 7. The molecule has 0 saturated heterocycles. The van der Waals surface area contributed by atoms with Crippen molar-refractivity contribution >= 4 is 62.0 Å². The molecule has 0 bridgehead atoms. The zero-order chi connectivity index (χ0) is 30.9. The first-order chi connectivity index (χ1) is 23.2. The third-order valence-electron chi connectivity index (χ3n) is 9.17. The molecule has 1 aromatic heterocycles. The maximum absolute atomic E-state index is 6.30. The Balaban J connectivity index is 1.06. The molecule has 5 heteroatoms. The minimum absolute atomic E-state index is 0.833. The summed E-state index contributed by atoms with van der Waals surface area (Å²) in [6.07, 6.45) is 0. The van der Waals surface area contributed by atoms with E-state index in [9.17, 15) is 0 Å². The van der Waals surface area contributed by atoms with Gasteiger partial charge in [0.2, 0.25) is 0 Å². The number of rotatable bonds is 3. The van der Waals surface area contributed by atoms with Crippen LogP contribution in [0.3, 0.4) is 0 Å². The standard InChI is InChI=1S/C42H27N3OS/c1-2-8-30(9-3-1)45-37-20-16-28(26-14-18-34-32(22-26)31-10-4-5-11-33(31)43-34)24-41(37)47-42-25-29(17-21-38(42)45)27-15-19-36-40(23-27)46-39-13-7-6-12-35(39)44-36/h1-25,43-44H. The molecule has 2 N–H and O–H groups in total. The fourth-order valence-corrected chi connectivity index (χ4v) is 8.00. The SMILES string of the molecule is c1ccc(N2c3ccc(-c4ccc5c(c4)Oc4ccccc4N5)cc3Sc3cc(-c4ccc5[nH]c6ccccc6c5c4)ccc32)cc1. The Morgan fingerprint density at radius 2 is 1.09 bits per heavy atom. The molecule has 0 saturated carbocycles. The van der Waals surface area contributed by atoms with Crippen molar-refractivity contribution in [2.75, 3.05) is 10.2 Å². The highest BCUT2D eigenvalue weighted by atomic mass is 32.2. The molecule has 0 atom stereocenters. The summed E-state index contributed by atoms with van der Waals surface area (Å²) in [5, 5.41) is 6.00. The summed E-state index contributed by atoms with van der Waals surface area (Å²) in [6, 6.07) is 54.0. The van der Waals surface area contributed by atoms with Crippen molar-refractivity contribution in [3.05, 3.63) is 152 Å². The van der Waals surface area contributed by atoms with Crippen molar-refractivity contribution in [2.24, 2.45) is 0 Å². The van der Waals surface area contributed by atoms with E-state index in [1.54, 1.807) is 0 Å². The lowest BCUT2D eigenvalue weighted by Gasteiger charge is -2.33. The molecule has 3 heterocycles. The second kappa shape index (κ2) is 10.3. The zero-order valence-corrected chi connectivity index (χ0v) is 26.0. The Hall–Kier alpha value is -5.91. The van der Waals surface area contributed by atoms with Crippen molar-refractivity contribution in [1.29, 1.82) is 0 Å². The van der Waals surface area contributed by atoms with Crippen LogP contribution in [0.2, 0.25) is 0 Å². The number of hydrogen-bond acceptors (Lipinski definition) is 4. The van der Waals surface area contributed by atoms with Gasteiger partial charge in [-0.2, -0.15) is 0 Å². The van der Waals surface area contributed by atoms with Crippen LogP contribution in [-0.4, -0.2) is 4.98 Å². The van der Waals surface area contributed by atoms with E-state index in [0.29, 0.717) is 0 Å². The molecule has 7 aromatic carbocycles. The van der Waals surface area contributed by atoms with Gasteiger partial charge in [-0.25, -0.2) is 0 Å². The number of nitrogens with one attached hydrogen (secondary N) is 2. The smallest absolute Gasteiger partial charge is 0.151 e. The zero-order valence-electron chi connectivity index (χ0n) is 25.2. The Labute approximate surface area is 276 Å². The molecule has 4 nitrogen and oxygen atoms in total. The van der Waals surface area contributed by atoms with E-state index in [1.807, 2.05) is 36.0 Å². The third kappa shape index (κ3) is 4.32. The molecule has 10 rings (SSSR count). The summed E-state index contributed by atoms with van der Waals surface area (Å²) in [5.41, 5.74) is 12.5. The van der Waals surface area contributed by atoms with E-state index in [-0.39, 0.29) is 0 Å². The first-order valence-electron chi connectivity index (χ1n) is 15.8. The monoisotopic (exact) mass is 621 g/mol. The Morgan fingerprint density at radius 1 is 0.468 bits per heavy atom. The van der Waals surface area contributed by atoms with Crippen LogP contribution in [0.25, 0.3) is 44.1 Å². The molecular formula is C42H27N3OS. The number of para-hydroxylation sites is 4. The van der Waals surface area contributed by atoms with E-state index in [0.717, 1.165) is 50.7 Å². The highest BCUT2D eigenvalue weighted by Gasteiger charge is 2.26. The molecule has 0 unspecified atom stereocenters. The van der Waals surface area contributed by atoms with Crippen LogP contribution in [0.5, 0.6) is 11.5 Å². The Morgan fingerprint density at radius 3 is 1.91 bits per heavy atom. The van der Waals surface area contributed by atoms with Gasteiger partial charge in [0, 0.05) is 37.3 Å². The van der Waals surface area contributed by atoms with Gasteiger partial charge in [0.25, 0.3) is 0 Å². The Bertz CT molecular complexity index is 2520. The highest BCUT2D eigenvalue weighted by molar-refractivity contribution is 7.99. The summed E-state index contributed by atoms with van der Waals surface area (Å²) in [6.45, 7) is 0. The molecule has 0 amide bonds. The topological polar surface area (TPSA) is 40.3 Å². The van der Waals surface area contributed by atoms with Crippen LogP contribution >= 0.6 is 11.8 Å². The summed E-state index contributed by atoms with van der Waals surface area (Å²) in [7, 11) is 0. The molecule has 0 spiro atoms. The fraction of sp³-hybridized carbons (Fsp3) is 0. The quantitative estimate of drug-likeness (QED) is 0.206. The first-order valence-corrected chi connectivity index (χ1v) is 16.6. The fourth-order valence-electron chi connectivity index (χ4n) is 6.86. The normalized spacial score (nSPS) is 12.9. The van der Waals surface area contributed by atoms with Gasteiger partial charge in [0.1, 0.15) is 0 Å². The minimum Gasteiger partial charge on any atom is -0.453 e. The molecule has 47 heavy (non-hydrogen) atoms. The maximum Gasteiger partial charge on any atom is 0.151 e. The highest BCUT2D eigenvalue weighted by Crippen LogP contribution is 2.53. The number of H-pyrrole nitrogens is 1. The minimum atomic E-state index is 0.833. The number of benzene rings is 7. The molecule has 0 fully saturated rings. The molecule has 8 aromatic rings. The van der Waals surface area contributed by atoms with Crippen LogP contribution in [0.15, 0.2) is 161 Å². The predicted octanol–water partition coefficient (Wildman–Crippen LogP) is 12.4. The lowest BCUT2D eigenvalue weighted by molar-refractivity contribution is 0.481. The van der Waals surface area contributed by atoms with Gasteiger partial charge in [-0.1, -0.05) is 84.6 Å². The molecular weight excluding hydrogens is 595 g/mol. The first kappa shape index (κ1) is 26.3. The van der Waals surface area contributed by atoms with E-state index in [1.165, 1.54) is 43.1 Å². The van der Waals surface area contributed by atoms with E-state index >= 15 is 0 Å². The number of aromatic nitrogens is 1. The van der Waals surface area contributed by atoms with Gasteiger partial charge in [-0.15, -0.1) is 0 Å². The van der Waals surface area contributed by atoms with Gasteiger partial charge in [-0.05, 0) is 101 Å². The van der Waals surface area contributed by atoms with Gasteiger partial charge < -0.3 is 19.9 Å². The number of hydrogen-bond donors (Lipinski definition) is 2. The average molecular weight is 622 g/mol. The summed E-state index contributed by atoms with van der Waals surface area (Å²) in [5.74, 6) is 1.67. The van der Waals surface area contributed by atoms with Crippen LogP contribution < -0.4 is 15.0 Å². The van der Waals surface area contributed by atoms with Crippen molar-refractivity contribution in [3.63, 3.8) is 0 Å². The van der Waals surface area contributed by atoms with Gasteiger partial charge >= 0.3 is 0 Å². The lowest BCUT2D eigenvalue weighted by Crippen LogP contribution is -2.14. The van der Waals surface area contributed by atoms with Crippen LogP contribution in [0, 0.1) is 0 Å². The van der Waals surface area contributed by atoms with Gasteiger partial charge in [0.15, 0.2) is 11.5 Å². The maximum atomic E-state index is 6.30. The second-order valence-corrected chi connectivity index (χ2v) is 13.1.